The topological polar surface area (TPSA) is 19.4 Å². The van der Waals surface area contributed by atoms with Gasteiger partial charge in [-0.3, -0.25) is 4.90 Å². The van der Waals surface area contributed by atoms with E-state index >= 15 is 0 Å². The van der Waals surface area contributed by atoms with Crippen LogP contribution in [0.5, 0.6) is 0 Å². The molecule has 3 rings (SSSR count). The highest BCUT2D eigenvalue weighted by molar-refractivity contribution is 6.33. The van der Waals surface area contributed by atoms with Crippen LogP contribution in [0, 0.1) is 6.92 Å². The van der Waals surface area contributed by atoms with Crippen molar-refractivity contribution in [1.82, 2.24) is 9.88 Å². The predicted molar refractivity (Wildman–Crippen MR) is 102 cm³/mol. The molecule has 2 heterocycles. The Hall–Kier alpha value is -1.93. The second-order valence-corrected chi connectivity index (χ2v) is 7.26. The molecule has 1 radical (unpaired) electrons. The highest BCUT2D eigenvalue weighted by Gasteiger charge is 2.39. The van der Waals surface area contributed by atoms with Crippen LogP contribution in [0.2, 0.25) is 5.02 Å². The summed E-state index contributed by atoms with van der Waals surface area (Å²) in [6, 6.07) is 9.63. The van der Waals surface area contributed by atoms with Gasteiger partial charge in [-0.05, 0) is 12.0 Å². The number of nitrogens with zero attached hydrogens (tertiary/aromatic N) is 3. The fraction of sp³-hybridized carbons (Fsp3) is 0.400. The minimum Gasteiger partial charge on any atom is -0.350 e. The average molecular weight is 433 g/mol. The molecule has 0 N–H and O–H groups in total. The van der Waals surface area contributed by atoms with E-state index < -0.39 is 28.8 Å². The predicted octanol–water partition coefficient (Wildman–Crippen LogP) is 5.61. The molecular formula is C20H20ClF5N3. The summed E-state index contributed by atoms with van der Waals surface area (Å²) in [5.41, 5.74) is -1.59. The fourth-order valence-corrected chi connectivity index (χ4v) is 3.90. The minimum atomic E-state index is -4.96. The molecule has 3 nitrogen and oxygen atoms in total. The van der Waals surface area contributed by atoms with Gasteiger partial charge in [-0.1, -0.05) is 48.9 Å². The van der Waals surface area contributed by atoms with Crippen LogP contribution in [0.25, 0.3) is 0 Å². The number of hydrogen-bond donors (Lipinski definition) is 0. The first-order valence-corrected chi connectivity index (χ1v) is 9.46. The normalized spacial score (nSPS) is 18.5. The zero-order valence-corrected chi connectivity index (χ0v) is 16.2. The summed E-state index contributed by atoms with van der Waals surface area (Å²) in [6.07, 6.45) is -7.45. The third kappa shape index (κ3) is 4.80. The van der Waals surface area contributed by atoms with Gasteiger partial charge in [-0.25, -0.2) is 13.8 Å². The molecule has 1 aromatic heterocycles. The molecule has 157 valence electrons. The van der Waals surface area contributed by atoms with Crippen molar-refractivity contribution in [3.05, 3.63) is 65.2 Å². The zero-order valence-electron chi connectivity index (χ0n) is 15.5. The lowest BCUT2D eigenvalue weighted by Gasteiger charge is -2.42. The van der Waals surface area contributed by atoms with Gasteiger partial charge in [0.25, 0.3) is 6.43 Å². The molecule has 1 aromatic carbocycles. The smallest absolute Gasteiger partial charge is 0.350 e. The maximum Gasteiger partial charge on any atom is 0.418 e. The number of pyridine rings is 1. The van der Waals surface area contributed by atoms with E-state index in [1.165, 1.54) is 0 Å². The van der Waals surface area contributed by atoms with E-state index in [1.807, 2.05) is 30.3 Å². The van der Waals surface area contributed by atoms with Crippen LogP contribution in [-0.4, -0.2) is 35.6 Å². The number of hydrogen-bond acceptors (Lipinski definition) is 3. The van der Waals surface area contributed by atoms with E-state index in [2.05, 4.69) is 16.8 Å². The van der Waals surface area contributed by atoms with Crippen molar-refractivity contribution in [3.63, 3.8) is 0 Å². The molecule has 1 saturated heterocycles. The molecule has 1 fully saturated rings. The summed E-state index contributed by atoms with van der Waals surface area (Å²) < 4.78 is 66.1. The van der Waals surface area contributed by atoms with Crippen LogP contribution in [0.1, 0.15) is 29.5 Å². The Bertz CT molecular complexity index is 829. The van der Waals surface area contributed by atoms with Crippen LogP contribution in [-0.2, 0) is 12.7 Å². The van der Waals surface area contributed by atoms with Crippen molar-refractivity contribution in [2.45, 2.75) is 31.6 Å². The highest BCUT2D eigenvalue weighted by atomic mass is 35.5. The van der Waals surface area contributed by atoms with E-state index in [1.54, 1.807) is 4.90 Å². The maximum atomic E-state index is 13.4. The summed E-state index contributed by atoms with van der Waals surface area (Å²) >= 11 is 6.02. The molecule has 0 bridgehead atoms. The molecule has 0 amide bonds. The molecule has 0 saturated carbocycles. The lowest BCUT2D eigenvalue weighted by molar-refractivity contribution is -0.139. The van der Waals surface area contributed by atoms with E-state index in [9.17, 15) is 22.0 Å². The first-order chi connectivity index (χ1) is 13.7. The lowest BCUT2D eigenvalue weighted by Crippen LogP contribution is -2.53. The molecule has 9 heteroatoms. The zero-order chi connectivity index (χ0) is 21.2. The standard InChI is InChI=1S/C20H20ClF5N3/c1-2-14-12-28(11-13-6-4-3-5-7-13)8-9-29(14)19-17(21)16(18(22)23)15(10-27-19)20(24,25)26/h3-7,10,14,18H,1-2,8-9,11-12H2/t14-/m0/s1. The summed E-state index contributed by atoms with van der Waals surface area (Å²) in [5.74, 6) is -0.0528. The monoisotopic (exact) mass is 432 g/mol. The Labute approximate surface area is 171 Å². The van der Waals surface area contributed by atoms with Crippen LogP contribution >= 0.6 is 11.6 Å². The number of benzene rings is 1. The summed E-state index contributed by atoms with van der Waals surface area (Å²) in [7, 11) is 0. The molecular weight excluding hydrogens is 413 g/mol. The second-order valence-electron chi connectivity index (χ2n) is 6.88. The lowest BCUT2D eigenvalue weighted by atomic mass is 10.1. The minimum absolute atomic E-state index is 0.0528. The maximum absolute atomic E-state index is 13.4. The number of aromatic nitrogens is 1. The number of anilines is 1. The van der Waals surface area contributed by atoms with Gasteiger partial charge in [0.05, 0.1) is 16.1 Å². The van der Waals surface area contributed by atoms with Crippen LogP contribution in [0.15, 0.2) is 36.5 Å². The van der Waals surface area contributed by atoms with Crippen molar-refractivity contribution in [1.29, 1.82) is 0 Å². The van der Waals surface area contributed by atoms with E-state index in [-0.39, 0.29) is 11.9 Å². The van der Waals surface area contributed by atoms with Crippen molar-refractivity contribution in [2.75, 3.05) is 24.5 Å². The first kappa shape index (κ1) is 21.8. The van der Waals surface area contributed by atoms with E-state index in [0.717, 1.165) is 5.56 Å². The third-order valence-corrected chi connectivity index (χ3v) is 5.36. The molecule has 1 aliphatic rings. The Morgan fingerprint density at radius 3 is 2.45 bits per heavy atom. The van der Waals surface area contributed by atoms with Crippen LogP contribution in [0.4, 0.5) is 27.8 Å². The van der Waals surface area contributed by atoms with Crippen molar-refractivity contribution >= 4 is 17.4 Å². The third-order valence-electron chi connectivity index (χ3n) is 4.98. The van der Waals surface area contributed by atoms with Crippen molar-refractivity contribution in [3.8, 4) is 0 Å². The van der Waals surface area contributed by atoms with E-state index in [0.29, 0.717) is 38.8 Å². The van der Waals surface area contributed by atoms with Gasteiger partial charge in [0.15, 0.2) is 0 Å². The summed E-state index contributed by atoms with van der Waals surface area (Å²) in [4.78, 5) is 7.68. The Morgan fingerprint density at radius 1 is 1.17 bits per heavy atom. The van der Waals surface area contributed by atoms with Crippen molar-refractivity contribution in [2.24, 2.45) is 0 Å². The van der Waals surface area contributed by atoms with Gasteiger partial charge in [0.2, 0.25) is 0 Å². The molecule has 1 aliphatic heterocycles. The van der Waals surface area contributed by atoms with Crippen molar-refractivity contribution < 1.29 is 22.0 Å². The number of halogens is 6. The van der Waals surface area contributed by atoms with Gasteiger partial charge in [0.1, 0.15) is 5.82 Å². The molecule has 1 atom stereocenters. The second kappa shape index (κ2) is 8.83. The van der Waals surface area contributed by atoms with Crippen LogP contribution in [0.3, 0.4) is 0 Å². The Morgan fingerprint density at radius 2 is 1.86 bits per heavy atom. The number of alkyl halides is 5. The number of rotatable bonds is 5. The van der Waals surface area contributed by atoms with Gasteiger partial charge in [-0.2, -0.15) is 13.2 Å². The average Bonchev–Trinajstić information content (AvgIpc) is 2.67. The molecule has 0 aliphatic carbocycles. The number of piperazine rings is 1. The summed E-state index contributed by atoms with van der Waals surface area (Å²) in [5, 5.41) is -0.648. The Balaban J connectivity index is 1.86. The van der Waals surface area contributed by atoms with Gasteiger partial charge < -0.3 is 4.90 Å². The van der Waals surface area contributed by atoms with Gasteiger partial charge in [0, 0.05) is 38.4 Å². The largest absolute Gasteiger partial charge is 0.418 e. The SMILES string of the molecule is [CH2]C[C@H]1CN(Cc2ccccc2)CCN1c1ncc(C(F)(F)F)c(C(F)F)c1Cl. The Kier molecular flexibility index (Phi) is 6.63. The van der Waals surface area contributed by atoms with Gasteiger partial charge in [-0.15, -0.1) is 0 Å². The molecule has 0 spiro atoms. The highest BCUT2D eigenvalue weighted by Crippen LogP contribution is 2.43. The quantitative estimate of drug-likeness (QED) is 0.573. The molecule has 0 unspecified atom stereocenters. The van der Waals surface area contributed by atoms with Crippen LogP contribution < -0.4 is 4.90 Å². The molecule has 29 heavy (non-hydrogen) atoms. The molecule has 2 aromatic rings. The van der Waals surface area contributed by atoms with Gasteiger partial charge >= 0.3 is 6.18 Å². The van der Waals surface area contributed by atoms with E-state index in [4.69, 9.17) is 11.6 Å². The fourth-order valence-electron chi connectivity index (χ4n) is 3.56. The summed E-state index contributed by atoms with van der Waals surface area (Å²) in [6.45, 7) is 6.17. The first-order valence-electron chi connectivity index (χ1n) is 9.08.